The van der Waals surface area contributed by atoms with E-state index in [9.17, 15) is 10.1 Å². The smallest absolute Gasteiger partial charge is 0.249 e. The minimum atomic E-state index is -1.35. The van der Waals surface area contributed by atoms with Gasteiger partial charge >= 0.3 is 0 Å². The molecule has 0 unspecified atom stereocenters. The van der Waals surface area contributed by atoms with Gasteiger partial charge in [0.05, 0.1) is 8.07 Å². The number of hydrogen-bond donors (Lipinski definition) is 0. The second kappa shape index (κ2) is 4.23. The van der Waals surface area contributed by atoms with Crippen LogP contribution in [0.2, 0.25) is 19.6 Å². The molecule has 0 aliphatic rings. The van der Waals surface area contributed by atoms with Crippen molar-refractivity contribution < 1.29 is 4.92 Å². The Labute approximate surface area is 89.5 Å². The minimum absolute atomic E-state index is 0.439. The van der Waals surface area contributed by atoms with Crippen molar-refractivity contribution in [3.63, 3.8) is 0 Å². The number of nitrogens with zero attached hydrogens (tertiary/aromatic N) is 2. The number of aromatic nitrogens is 1. The first kappa shape index (κ1) is 11.4. The summed E-state index contributed by atoms with van der Waals surface area (Å²) < 4.78 is 0. The van der Waals surface area contributed by atoms with Crippen molar-refractivity contribution in [3.05, 3.63) is 34.1 Å². The van der Waals surface area contributed by atoms with Crippen LogP contribution in [-0.2, 0) is 0 Å². The molecular formula is C10H12N2O2Si. The van der Waals surface area contributed by atoms with Gasteiger partial charge in [-0.05, 0) is 11.3 Å². The lowest BCUT2D eigenvalue weighted by atomic mass is 10.4. The third kappa shape index (κ3) is 3.52. The average Bonchev–Trinajstić information content (AvgIpc) is 2.14. The van der Waals surface area contributed by atoms with E-state index in [4.69, 9.17) is 0 Å². The van der Waals surface area contributed by atoms with Gasteiger partial charge in [-0.1, -0.05) is 25.7 Å². The quantitative estimate of drug-likeness (QED) is 0.235. The number of hydrogen-bond acceptors (Lipinski definition) is 3. The zero-order valence-corrected chi connectivity index (χ0v) is 9.94. The first-order valence-corrected chi connectivity index (χ1v) is 8.02. The van der Waals surface area contributed by atoms with Crippen LogP contribution in [-0.4, -0.2) is 18.0 Å². The van der Waals surface area contributed by atoms with Crippen LogP contribution in [0.4, 0.5) is 0 Å². The topological polar surface area (TPSA) is 56.0 Å². The van der Waals surface area contributed by atoms with E-state index >= 15 is 0 Å². The van der Waals surface area contributed by atoms with Gasteiger partial charge < -0.3 is 0 Å². The van der Waals surface area contributed by atoms with Crippen LogP contribution in [0.25, 0.3) is 0 Å². The predicted molar refractivity (Wildman–Crippen MR) is 61.1 cm³/mol. The highest BCUT2D eigenvalue weighted by Gasteiger charge is 2.15. The van der Waals surface area contributed by atoms with Crippen molar-refractivity contribution in [3.8, 4) is 12.0 Å². The first-order valence-electron chi connectivity index (χ1n) is 4.52. The largest absolute Gasteiger partial charge is 0.297 e. The molecule has 0 atom stereocenters. The summed E-state index contributed by atoms with van der Waals surface area (Å²) in [5.74, 6) is 2.38. The number of rotatable bonds is 1. The molecule has 0 radical (unpaired) electrons. The third-order valence-electron chi connectivity index (χ3n) is 1.90. The normalized spacial score (nSPS) is 10.3. The van der Waals surface area contributed by atoms with E-state index in [1.54, 1.807) is 12.3 Å². The molecule has 1 heterocycles. The summed E-state index contributed by atoms with van der Waals surface area (Å²) in [5, 5.41) is 11.2. The summed E-state index contributed by atoms with van der Waals surface area (Å²) in [6.07, 6.45) is 1.76. The fourth-order valence-electron chi connectivity index (χ4n) is 1.01. The highest BCUT2D eigenvalue weighted by Crippen LogP contribution is 2.01. The van der Waals surface area contributed by atoms with E-state index in [1.807, 2.05) is 12.1 Å². The molecular weight excluding hydrogens is 208 g/mol. The van der Waals surface area contributed by atoms with Gasteiger partial charge in [-0.3, -0.25) is 0 Å². The standard InChI is InChI=1S/C10H12N2O2Si/c1-15(2,3)10-5-4-9(11-8-10)6-7-12(13)14/h4-5,8H,1-3H3. The van der Waals surface area contributed by atoms with Gasteiger partial charge in [0.25, 0.3) is 6.04 Å². The number of nitro groups is 1. The lowest BCUT2D eigenvalue weighted by Gasteiger charge is -2.15. The first-order chi connectivity index (χ1) is 6.89. The van der Waals surface area contributed by atoms with Gasteiger partial charge in [0.2, 0.25) is 0 Å². The number of pyridine rings is 1. The van der Waals surface area contributed by atoms with Gasteiger partial charge in [-0.2, -0.15) is 0 Å². The van der Waals surface area contributed by atoms with E-state index in [1.165, 1.54) is 5.19 Å². The van der Waals surface area contributed by atoms with E-state index < -0.39 is 13.0 Å². The molecule has 15 heavy (non-hydrogen) atoms. The Bertz CT molecular complexity index is 423. The molecule has 0 saturated carbocycles. The Balaban J connectivity index is 2.93. The molecule has 4 nitrogen and oxygen atoms in total. The van der Waals surface area contributed by atoms with E-state index in [0.29, 0.717) is 5.69 Å². The fraction of sp³-hybridized carbons (Fsp3) is 0.300. The summed E-state index contributed by atoms with van der Waals surface area (Å²) in [6.45, 7) is 6.64. The van der Waals surface area contributed by atoms with Gasteiger partial charge in [0, 0.05) is 12.1 Å². The molecule has 0 bridgehead atoms. The van der Waals surface area contributed by atoms with Crippen molar-refractivity contribution >= 4 is 13.3 Å². The van der Waals surface area contributed by atoms with Crippen LogP contribution in [0.1, 0.15) is 5.69 Å². The van der Waals surface area contributed by atoms with Gasteiger partial charge in [0.15, 0.2) is 0 Å². The van der Waals surface area contributed by atoms with Crippen LogP contribution in [0.5, 0.6) is 0 Å². The summed E-state index contributed by atoms with van der Waals surface area (Å²) >= 11 is 0. The average molecular weight is 220 g/mol. The molecule has 0 aromatic carbocycles. The van der Waals surface area contributed by atoms with Crippen LogP contribution in [0, 0.1) is 22.1 Å². The van der Waals surface area contributed by atoms with Crippen molar-refractivity contribution in [2.24, 2.45) is 0 Å². The zero-order valence-electron chi connectivity index (χ0n) is 8.94. The summed E-state index contributed by atoms with van der Waals surface area (Å²) in [6, 6.07) is 5.51. The van der Waals surface area contributed by atoms with Crippen molar-refractivity contribution in [2.45, 2.75) is 19.6 Å². The SMILES string of the molecule is C[Si](C)(C)c1ccc(C#C[N+](=O)[O-])nc1. The fourth-order valence-corrected chi connectivity index (χ4v) is 2.05. The molecule has 5 heteroatoms. The van der Waals surface area contributed by atoms with Crippen LogP contribution in [0.3, 0.4) is 0 Å². The molecule has 1 rings (SSSR count). The lowest BCUT2D eigenvalue weighted by Crippen LogP contribution is -2.37. The van der Waals surface area contributed by atoms with Crippen LogP contribution >= 0.6 is 0 Å². The summed E-state index contributed by atoms with van der Waals surface area (Å²) in [5.41, 5.74) is 0.439. The van der Waals surface area contributed by atoms with Crippen LogP contribution in [0.15, 0.2) is 18.3 Å². The molecule has 1 aromatic heterocycles. The Hall–Kier alpha value is -1.67. The molecule has 0 spiro atoms. The molecule has 0 amide bonds. The monoisotopic (exact) mass is 220 g/mol. The molecule has 0 aliphatic carbocycles. The maximum atomic E-state index is 10.0. The van der Waals surface area contributed by atoms with Crippen molar-refractivity contribution in [1.29, 1.82) is 0 Å². The zero-order chi connectivity index (χ0) is 11.5. The second-order valence-electron chi connectivity index (χ2n) is 4.18. The van der Waals surface area contributed by atoms with Gasteiger partial charge in [-0.25, -0.2) is 15.1 Å². The highest BCUT2D eigenvalue weighted by atomic mass is 28.3. The Kier molecular flexibility index (Phi) is 3.22. The lowest BCUT2D eigenvalue weighted by molar-refractivity contribution is -0.379. The van der Waals surface area contributed by atoms with Crippen LogP contribution < -0.4 is 5.19 Å². The summed E-state index contributed by atoms with van der Waals surface area (Å²) in [7, 11) is -1.35. The van der Waals surface area contributed by atoms with Gasteiger partial charge in [0.1, 0.15) is 10.6 Å². The predicted octanol–water partition coefficient (Wildman–Crippen LogP) is 1.21. The molecule has 0 N–H and O–H groups in total. The molecule has 0 aliphatic heterocycles. The van der Waals surface area contributed by atoms with E-state index in [0.717, 1.165) is 0 Å². The second-order valence-corrected chi connectivity index (χ2v) is 9.25. The van der Waals surface area contributed by atoms with E-state index in [-0.39, 0.29) is 0 Å². The Morgan fingerprint density at radius 3 is 2.47 bits per heavy atom. The van der Waals surface area contributed by atoms with Gasteiger partial charge in [-0.15, -0.1) is 0 Å². The molecule has 1 aromatic rings. The molecule has 78 valence electrons. The van der Waals surface area contributed by atoms with Crippen molar-refractivity contribution in [2.75, 3.05) is 0 Å². The summed E-state index contributed by atoms with van der Waals surface area (Å²) in [4.78, 5) is 13.4. The Morgan fingerprint density at radius 1 is 1.40 bits per heavy atom. The Morgan fingerprint density at radius 2 is 2.07 bits per heavy atom. The van der Waals surface area contributed by atoms with E-state index in [2.05, 4.69) is 30.5 Å². The molecule has 0 saturated heterocycles. The maximum absolute atomic E-state index is 10.0. The maximum Gasteiger partial charge on any atom is 0.297 e. The molecule has 0 fully saturated rings. The van der Waals surface area contributed by atoms with Crippen molar-refractivity contribution in [1.82, 2.24) is 4.98 Å². The highest BCUT2D eigenvalue weighted by molar-refractivity contribution is 6.88. The minimum Gasteiger partial charge on any atom is -0.249 e. The third-order valence-corrected chi connectivity index (χ3v) is 3.93.